The average Bonchev–Trinajstić information content (AvgIpc) is 3.50. The Bertz CT molecular complexity index is 1480. The number of nitrogens with one attached hydrogen (secondary N) is 2. The number of carboxylic acid groups (broad SMARTS) is 1. The van der Waals surface area contributed by atoms with Crippen molar-refractivity contribution in [3.63, 3.8) is 0 Å². The Hall–Kier alpha value is -2.86. The van der Waals surface area contributed by atoms with Gasteiger partial charge in [-0.1, -0.05) is 23.2 Å². The SMILES string of the molecule is O=C(Nc1ccc2scnc2c1)[C@H]1[C@H]2CC(F)(F)CN2[C@]2(C(=O)Nc3c(Cl)cc(Cl)cc32)[C@H]1C(=O)O. The minimum absolute atomic E-state index is 0.0406. The number of fused-ring (bicyclic) bond motifs is 5. The minimum atomic E-state index is -3.25. The molecule has 1 spiro atoms. The third-order valence-corrected chi connectivity index (χ3v) is 8.53. The topological polar surface area (TPSA) is 112 Å². The van der Waals surface area contributed by atoms with Crippen LogP contribution in [-0.2, 0) is 19.9 Å². The molecule has 3 aliphatic rings. The van der Waals surface area contributed by atoms with E-state index in [1.54, 1.807) is 23.7 Å². The highest BCUT2D eigenvalue weighted by Gasteiger charge is 2.74. The molecule has 2 amide bonds. The summed E-state index contributed by atoms with van der Waals surface area (Å²) in [6, 6.07) is 6.47. The summed E-state index contributed by atoms with van der Waals surface area (Å²) in [4.78, 5) is 45.2. The van der Waals surface area contributed by atoms with Gasteiger partial charge in [0.25, 0.3) is 11.8 Å². The Kier molecular flexibility index (Phi) is 5.11. The molecule has 0 aliphatic carbocycles. The number of benzene rings is 2. The molecule has 186 valence electrons. The van der Waals surface area contributed by atoms with E-state index >= 15 is 0 Å². The van der Waals surface area contributed by atoms with E-state index in [1.165, 1.54) is 23.5 Å². The number of anilines is 2. The maximum atomic E-state index is 14.8. The predicted octanol–water partition coefficient (Wildman–Crippen LogP) is 4.43. The van der Waals surface area contributed by atoms with Gasteiger partial charge in [0.15, 0.2) is 0 Å². The van der Waals surface area contributed by atoms with Gasteiger partial charge in [-0.15, -0.1) is 11.3 Å². The molecule has 2 saturated heterocycles. The van der Waals surface area contributed by atoms with Crippen LogP contribution in [0.1, 0.15) is 12.0 Å². The zero-order valence-electron chi connectivity index (χ0n) is 18.1. The Morgan fingerprint density at radius 2 is 2.03 bits per heavy atom. The second-order valence-electron chi connectivity index (χ2n) is 9.15. The molecule has 2 fully saturated rings. The number of amides is 2. The van der Waals surface area contributed by atoms with Crippen molar-refractivity contribution in [1.29, 1.82) is 0 Å². The minimum Gasteiger partial charge on any atom is -0.481 e. The third kappa shape index (κ3) is 3.19. The first-order valence-corrected chi connectivity index (χ1v) is 12.5. The molecule has 0 saturated carbocycles. The number of carboxylic acids is 1. The quantitative estimate of drug-likeness (QED) is 0.443. The van der Waals surface area contributed by atoms with E-state index in [-0.39, 0.29) is 21.3 Å². The van der Waals surface area contributed by atoms with Crippen LogP contribution in [-0.4, -0.2) is 51.3 Å². The van der Waals surface area contributed by atoms with Gasteiger partial charge in [-0.05, 0) is 30.3 Å². The monoisotopic (exact) mass is 552 g/mol. The lowest BCUT2D eigenvalue weighted by Gasteiger charge is -2.35. The van der Waals surface area contributed by atoms with E-state index in [9.17, 15) is 28.3 Å². The molecule has 3 aliphatic heterocycles. The highest BCUT2D eigenvalue weighted by Crippen LogP contribution is 2.61. The number of rotatable bonds is 3. The van der Waals surface area contributed by atoms with Gasteiger partial charge in [0.1, 0.15) is 11.5 Å². The summed E-state index contributed by atoms with van der Waals surface area (Å²) >= 11 is 13.9. The molecule has 0 radical (unpaired) electrons. The number of halogens is 4. The molecule has 0 unspecified atom stereocenters. The molecule has 4 heterocycles. The summed E-state index contributed by atoms with van der Waals surface area (Å²) in [5, 5.41) is 15.7. The first kappa shape index (κ1) is 23.5. The van der Waals surface area contributed by atoms with Crippen molar-refractivity contribution in [2.45, 2.75) is 23.9 Å². The van der Waals surface area contributed by atoms with E-state index < -0.39 is 60.1 Å². The fourth-order valence-corrected chi connectivity index (χ4v) is 7.16. The smallest absolute Gasteiger partial charge is 0.310 e. The summed E-state index contributed by atoms with van der Waals surface area (Å²) in [7, 11) is 0. The second kappa shape index (κ2) is 7.82. The maximum Gasteiger partial charge on any atom is 0.310 e. The summed E-state index contributed by atoms with van der Waals surface area (Å²) in [5.74, 6) is -9.49. The van der Waals surface area contributed by atoms with E-state index in [1.807, 2.05) is 0 Å². The summed E-state index contributed by atoms with van der Waals surface area (Å²) in [6.45, 7) is -0.896. The van der Waals surface area contributed by atoms with Gasteiger partial charge in [0, 0.05) is 28.7 Å². The number of carbonyl (C=O) groups is 3. The lowest BCUT2D eigenvalue weighted by Crippen LogP contribution is -2.54. The van der Waals surface area contributed by atoms with Crippen LogP contribution in [0.4, 0.5) is 20.2 Å². The highest BCUT2D eigenvalue weighted by molar-refractivity contribution is 7.16. The molecule has 3 N–H and O–H groups in total. The zero-order chi connectivity index (χ0) is 25.6. The van der Waals surface area contributed by atoms with Crippen LogP contribution in [0, 0.1) is 11.8 Å². The third-order valence-electron chi connectivity index (χ3n) is 7.20. The van der Waals surface area contributed by atoms with Crippen LogP contribution >= 0.6 is 34.5 Å². The standard InChI is InChI=1S/C23H16Cl2F2N4O4S/c24-9-3-11-18(12(25)4-9)30-21(35)23(11)17(20(33)34)16(14-6-22(26,27)7-31(14)23)19(32)29-10-1-2-15-13(5-10)28-8-36-15/h1-5,8,14,16-17H,6-7H2,(H,29,32)(H,30,35)(H,33,34)/t14-,16+,17-,23+/m1/s1. The number of aliphatic carboxylic acids is 1. The van der Waals surface area contributed by atoms with Crippen molar-refractivity contribution in [3.05, 3.63) is 51.5 Å². The predicted molar refractivity (Wildman–Crippen MR) is 130 cm³/mol. The van der Waals surface area contributed by atoms with Gasteiger partial charge in [-0.2, -0.15) is 0 Å². The summed E-state index contributed by atoms with van der Waals surface area (Å²) in [5.41, 5.74) is 0.671. The molecular weight excluding hydrogens is 537 g/mol. The van der Waals surface area contributed by atoms with Crippen molar-refractivity contribution in [1.82, 2.24) is 9.88 Å². The molecule has 8 nitrogen and oxygen atoms in total. The van der Waals surface area contributed by atoms with Gasteiger partial charge < -0.3 is 15.7 Å². The summed E-state index contributed by atoms with van der Waals surface area (Å²) < 4.78 is 30.4. The van der Waals surface area contributed by atoms with Crippen molar-refractivity contribution in [2.75, 3.05) is 17.2 Å². The van der Waals surface area contributed by atoms with Crippen LogP contribution in [0.5, 0.6) is 0 Å². The number of alkyl halides is 2. The van der Waals surface area contributed by atoms with Gasteiger partial charge in [-0.25, -0.2) is 13.8 Å². The van der Waals surface area contributed by atoms with E-state index in [0.29, 0.717) is 11.2 Å². The molecule has 4 atom stereocenters. The van der Waals surface area contributed by atoms with Crippen LogP contribution in [0.25, 0.3) is 10.2 Å². The number of carbonyl (C=O) groups excluding carboxylic acids is 2. The lowest BCUT2D eigenvalue weighted by molar-refractivity contribution is -0.153. The first-order chi connectivity index (χ1) is 17.0. The molecule has 6 rings (SSSR count). The van der Waals surface area contributed by atoms with Gasteiger partial charge in [0.05, 0.1) is 38.9 Å². The number of hydrogen-bond donors (Lipinski definition) is 3. The van der Waals surface area contributed by atoms with Crippen LogP contribution in [0.2, 0.25) is 10.0 Å². The van der Waals surface area contributed by atoms with Crippen LogP contribution in [0.3, 0.4) is 0 Å². The molecule has 3 aromatic rings. The van der Waals surface area contributed by atoms with E-state index in [2.05, 4.69) is 15.6 Å². The Morgan fingerprint density at radius 1 is 1.25 bits per heavy atom. The van der Waals surface area contributed by atoms with E-state index in [4.69, 9.17) is 23.2 Å². The molecule has 13 heteroatoms. The first-order valence-electron chi connectivity index (χ1n) is 10.9. The van der Waals surface area contributed by atoms with Crippen molar-refractivity contribution in [3.8, 4) is 0 Å². The normalized spacial score (nSPS) is 28.3. The maximum absolute atomic E-state index is 14.8. The Morgan fingerprint density at radius 3 is 2.78 bits per heavy atom. The highest BCUT2D eigenvalue weighted by atomic mass is 35.5. The fraction of sp³-hybridized carbons (Fsp3) is 0.304. The molecule has 2 aromatic carbocycles. The van der Waals surface area contributed by atoms with E-state index in [0.717, 1.165) is 9.60 Å². The second-order valence-corrected chi connectivity index (χ2v) is 10.9. The summed E-state index contributed by atoms with van der Waals surface area (Å²) in [6.07, 6.45) is -0.779. The fourth-order valence-electron chi connectivity index (χ4n) is 5.96. The zero-order valence-corrected chi connectivity index (χ0v) is 20.4. The van der Waals surface area contributed by atoms with Crippen molar-refractivity contribution in [2.24, 2.45) is 11.8 Å². The molecule has 36 heavy (non-hydrogen) atoms. The average molecular weight is 553 g/mol. The Labute approximate surface area is 216 Å². The van der Waals surface area contributed by atoms with Crippen molar-refractivity contribution >= 4 is 73.9 Å². The number of aromatic nitrogens is 1. The van der Waals surface area contributed by atoms with Crippen molar-refractivity contribution < 1.29 is 28.3 Å². The van der Waals surface area contributed by atoms with Gasteiger partial charge >= 0.3 is 5.97 Å². The lowest BCUT2D eigenvalue weighted by atomic mass is 9.73. The number of nitrogens with zero attached hydrogens (tertiary/aromatic N) is 2. The van der Waals surface area contributed by atoms with Gasteiger partial charge in [-0.3, -0.25) is 19.3 Å². The largest absolute Gasteiger partial charge is 0.481 e. The van der Waals surface area contributed by atoms with Crippen LogP contribution in [0.15, 0.2) is 35.8 Å². The van der Waals surface area contributed by atoms with Gasteiger partial charge in [0.2, 0.25) is 5.91 Å². The molecule has 0 bridgehead atoms. The number of thiazole rings is 1. The molecular formula is C23H16Cl2F2N4O4S. The molecule has 1 aromatic heterocycles. The number of hydrogen-bond acceptors (Lipinski definition) is 6. The Balaban J connectivity index is 1.50. The van der Waals surface area contributed by atoms with Crippen LogP contribution < -0.4 is 10.6 Å².